The molecule has 24 heavy (non-hydrogen) atoms. The summed E-state index contributed by atoms with van der Waals surface area (Å²) in [6, 6.07) is 8.45. The van der Waals surface area contributed by atoms with Gasteiger partial charge in [0.25, 0.3) is 0 Å². The van der Waals surface area contributed by atoms with Crippen LogP contribution in [0.3, 0.4) is 0 Å². The lowest BCUT2D eigenvalue weighted by Gasteiger charge is -2.18. The number of carbonyl (C=O) groups is 1. The molecule has 2 aliphatic heterocycles. The number of sulfonamides is 1. The van der Waals surface area contributed by atoms with Crippen LogP contribution in [-0.4, -0.2) is 58.5 Å². The predicted octanol–water partition coefficient (Wildman–Crippen LogP) is -0.857. The molecule has 3 N–H and O–H groups in total. The minimum absolute atomic E-state index is 0.108. The van der Waals surface area contributed by atoms with Gasteiger partial charge in [0.2, 0.25) is 15.9 Å². The van der Waals surface area contributed by atoms with Gasteiger partial charge in [0.15, 0.2) is 0 Å². The van der Waals surface area contributed by atoms with Crippen LogP contribution in [0.5, 0.6) is 0 Å². The number of ether oxygens (including phenoxy) is 3. The van der Waals surface area contributed by atoms with Gasteiger partial charge in [0.05, 0.1) is 25.0 Å². The number of fused-ring (bicyclic) bond motifs is 1. The van der Waals surface area contributed by atoms with Gasteiger partial charge in [-0.15, -0.1) is 0 Å². The Balaban J connectivity index is 1.58. The molecule has 8 nitrogen and oxygen atoms in total. The summed E-state index contributed by atoms with van der Waals surface area (Å²) in [6.07, 6.45) is -1.27. The number of rotatable bonds is 7. The van der Waals surface area contributed by atoms with E-state index in [1.54, 1.807) is 24.3 Å². The minimum Gasteiger partial charge on any atom is -0.371 e. The van der Waals surface area contributed by atoms with Crippen LogP contribution in [0.2, 0.25) is 0 Å². The third kappa shape index (κ3) is 4.11. The second-order valence-electron chi connectivity index (χ2n) is 5.88. The van der Waals surface area contributed by atoms with Crippen molar-refractivity contribution in [2.24, 2.45) is 5.73 Å². The van der Waals surface area contributed by atoms with Gasteiger partial charge in [0.1, 0.15) is 24.9 Å². The zero-order valence-electron chi connectivity index (χ0n) is 13.0. The van der Waals surface area contributed by atoms with E-state index in [0.29, 0.717) is 5.56 Å². The highest BCUT2D eigenvalue weighted by molar-refractivity contribution is 7.88. The van der Waals surface area contributed by atoms with Gasteiger partial charge >= 0.3 is 0 Å². The number of hydrogen-bond donors (Lipinski definition) is 2. The Morgan fingerprint density at radius 2 is 1.92 bits per heavy atom. The third-order valence-electron chi connectivity index (χ3n) is 3.98. The third-order valence-corrected chi connectivity index (χ3v) is 5.35. The van der Waals surface area contributed by atoms with Gasteiger partial charge in [-0.25, -0.2) is 13.1 Å². The average Bonchev–Trinajstić information content (AvgIpc) is 3.08. The van der Waals surface area contributed by atoms with Crippen molar-refractivity contribution >= 4 is 15.9 Å². The van der Waals surface area contributed by atoms with Crippen LogP contribution in [0.25, 0.3) is 0 Å². The first-order chi connectivity index (χ1) is 11.4. The highest BCUT2D eigenvalue weighted by atomic mass is 32.2. The molecular formula is C15H20N2O6S. The summed E-state index contributed by atoms with van der Waals surface area (Å²) in [5.74, 6) is -0.680. The maximum Gasteiger partial charge on any atom is 0.243 e. The zero-order valence-corrected chi connectivity index (χ0v) is 13.8. The molecule has 2 heterocycles. The zero-order chi connectivity index (χ0) is 17.2. The first kappa shape index (κ1) is 17.3. The number of carbonyl (C=O) groups excluding carboxylic acids is 1. The van der Waals surface area contributed by atoms with Crippen molar-refractivity contribution in [3.05, 3.63) is 35.9 Å². The fourth-order valence-electron chi connectivity index (χ4n) is 2.96. The first-order valence-corrected chi connectivity index (χ1v) is 9.27. The number of hydrogen-bond acceptors (Lipinski definition) is 6. The van der Waals surface area contributed by atoms with Gasteiger partial charge < -0.3 is 19.9 Å². The van der Waals surface area contributed by atoms with Crippen molar-refractivity contribution in [1.82, 2.24) is 4.72 Å². The molecule has 0 aromatic heterocycles. The summed E-state index contributed by atoms with van der Waals surface area (Å²) in [6.45, 7) is 0.213. The molecule has 3 rings (SSSR count). The Morgan fingerprint density at radius 1 is 1.21 bits per heavy atom. The van der Waals surface area contributed by atoms with Crippen molar-refractivity contribution in [1.29, 1.82) is 0 Å². The van der Waals surface area contributed by atoms with Crippen LogP contribution in [0.4, 0.5) is 0 Å². The fraction of sp³-hybridized carbons (Fsp3) is 0.533. The van der Waals surface area contributed by atoms with Crippen molar-refractivity contribution in [2.45, 2.75) is 30.1 Å². The topological polar surface area (TPSA) is 117 Å². The molecule has 0 spiro atoms. The molecule has 132 valence electrons. The lowest BCUT2D eigenvalue weighted by Crippen LogP contribution is -2.44. The SMILES string of the molecule is NC(=O)CO[C@@H]1CO[C@H]2[C@@H]1OC[C@@H]2NS(=O)(=O)Cc1ccccc1. The van der Waals surface area contributed by atoms with Crippen LogP contribution in [0.15, 0.2) is 30.3 Å². The standard InChI is InChI=1S/C15H20N2O6S/c16-13(18)8-21-12-7-23-14-11(6-22-15(12)14)17-24(19,20)9-10-4-2-1-3-5-10/h1-5,11-12,14-15,17H,6-9H2,(H2,16,18)/t11-,12+,14+,15+/m0/s1. The van der Waals surface area contributed by atoms with Gasteiger partial charge in [-0.05, 0) is 5.56 Å². The van der Waals surface area contributed by atoms with Gasteiger partial charge in [-0.2, -0.15) is 0 Å². The van der Waals surface area contributed by atoms with E-state index in [1.807, 2.05) is 6.07 Å². The Labute approximate surface area is 140 Å². The summed E-state index contributed by atoms with van der Waals surface area (Å²) >= 11 is 0. The van der Waals surface area contributed by atoms with Crippen LogP contribution < -0.4 is 10.5 Å². The van der Waals surface area contributed by atoms with Crippen molar-refractivity contribution < 1.29 is 27.4 Å². The number of primary amides is 1. The highest BCUT2D eigenvalue weighted by Gasteiger charge is 2.49. The van der Waals surface area contributed by atoms with Crippen molar-refractivity contribution in [2.75, 3.05) is 19.8 Å². The lowest BCUT2D eigenvalue weighted by atomic mass is 10.1. The van der Waals surface area contributed by atoms with E-state index in [-0.39, 0.29) is 25.6 Å². The number of amides is 1. The van der Waals surface area contributed by atoms with Crippen LogP contribution >= 0.6 is 0 Å². The summed E-state index contributed by atoms with van der Waals surface area (Å²) < 4.78 is 43.8. The van der Waals surface area contributed by atoms with Crippen LogP contribution in [0, 0.1) is 0 Å². The predicted molar refractivity (Wildman–Crippen MR) is 84.4 cm³/mol. The van der Waals surface area contributed by atoms with E-state index in [2.05, 4.69) is 4.72 Å². The lowest BCUT2D eigenvalue weighted by molar-refractivity contribution is -0.126. The van der Waals surface area contributed by atoms with Crippen molar-refractivity contribution in [3.63, 3.8) is 0 Å². The van der Waals surface area contributed by atoms with Crippen molar-refractivity contribution in [3.8, 4) is 0 Å². The van der Waals surface area contributed by atoms with E-state index >= 15 is 0 Å². The number of benzene rings is 1. The fourth-order valence-corrected chi connectivity index (χ4v) is 4.34. The maximum atomic E-state index is 12.3. The molecule has 2 saturated heterocycles. The Bertz CT molecular complexity index is 680. The van der Waals surface area contributed by atoms with Gasteiger partial charge in [0, 0.05) is 0 Å². The molecule has 1 aromatic carbocycles. The largest absolute Gasteiger partial charge is 0.371 e. The second-order valence-corrected chi connectivity index (χ2v) is 7.63. The Hall–Kier alpha value is -1.52. The quantitative estimate of drug-likeness (QED) is 0.657. The van der Waals surface area contributed by atoms with Crippen LogP contribution in [0.1, 0.15) is 5.56 Å². The Kier molecular flexibility index (Phi) is 5.16. The first-order valence-electron chi connectivity index (χ1n) is 7.62. The normalized spacial score (nSPS) is 29.5. The van der Waals surface area contributed by atoms with E-state index in [4.69, 9.17) is 19.9 Å². The second kappa shape index (κ2) is 7.16. The van der Waals surface area contributed by atoms with E-state index in [1.165, 1.54) is 0 Å². The van der Waals surface area contributed by atoms with Gasteiger partial charge in [-0.3, -0.25) is 4.79 Å². The molecular weight excluding hydrogens is 336 g/mol. The Morgan fingerprint density at radius 3 is 2.62 bits per heavy atom. The molecule has 2 fully saturated rings. The summed E-state index contributed by atoms with van der Waals surface area (Å²) in [4.78, 5) is 10.8. The van der Waals surface area contributed by atoms with E-state index in [0.717, 1.165) is 0 Å². The molecule has 1 amide bonds. The van der Waals surface area contributed by atoms with Crippen LogP contribution in [-0.2, 0) is 34.8 Å². The molecule has 2 aliphatic rings. The number of nitrogens with two attached hydrogens (primary N) is 1. The molecule has 0 saturated carbocycles. The average molecular weight is 356 g/mol. The molecule has 0 radical (unpaired) electrons. The molecule has 0 aliphatic carbocycles. The summed E-state index contributed by atoms with van der Waals surface area (Å²) in [5, 5.41) is 0. The molecule has 1 aromatic rings. The maximum absolute atomic E-state index is 12.3. The molecule has 0 unspecified atom stereocenters. The number of nitrogens with one attached hydrogen (secondary N) is 1. The van der Waals surface area contributed by atoms with Gasteiger partial charge in [-0.1, -0.05) is 30.3 Å². The molecule has 0 bridgehead atoms. The minimum atomic E-state index is -3.52. The van der Waals surface area contributed by atoms with E-state index in [9.17, 15) is 13.2 Å². The molecule has 4 atom stereocenters. The molecule has 9 heteroatoms. The monoisotopic (exact) mass is 356 g/mol. The highest BCUT2D eigenvalue weighted by Crippen LogP contribution is 2.29. The summed E-state index contributed by atoms with van der Waals surface area (Å²) in [5.41, 5.74) is 5.76. The smallest absolute Gasteiger partial charge is 0.243 e. The summed E-state index contributed by atoms with van der Waals surface area (Å²) in [7, 11) is -3.52. The van der Waals surface area contributed by atoms with E-state index < -0.39 is 40.3 Å².